The van der Waals surface area contributed by atoms with E-state index in [9.17, 15) is 13.2 Å². The molecule has 2 atom stereocenters. The summed E-state index contributed by atoms with van der Waals surface area (Å²) >= 11 is 0. The smallest absolute Gasteiger partial charge is 0.258 e. The lowest BCUT2D eigenvalue weighted by molar-refractivity contribution is 0.0964. The Bertz CT molecular complexity index is 1210. The number of sulfonamides is 1. The maximum Gasteiger partial charge on any atom is 0.258 e. The predicted molar refractivity (Wildman–Crippen MR) is 132 cm³/mol. The summed E-state index contributed by atoms with van der Waals surface area (Å²) in [5, 5.41) is 0. The van der Waals surface area contributed by atoms with E-state index >= 15 is 0 Å². The molecule has 1 amide bonds. The molecule has 0 spiro atoms. The zero-order valence-corrected chi connectivity index (χ0v) is 20.9. The third-order valence-corrected chi connectivity index (χ3v) is 9.09. The van der Waals surface area contributed by atoms with Crippen molar-refractivity contribution in [1.82, 2.24) is 9.62 Å². The first kappa shape index (κ1) is 23.3. The fourth-order valence-electron chi connectivity index (χ4n) is 5.83. The molecule has 1 N–H and O–H groups in total. The van der Waals surface area contributed by atoms with Gasteiger partial charge in [-0.05, 0) is 69.6 Å². The lowest BCUT2D eigenvalue weighted by Crippen LogP contribution is -2.47. The number of piperidine rings is 1. The van der Waals surface area contributed by atoms with Gasteiger partial charge >= 0.3 is 0 Å². The number of fused-ring (bicyclic) bond motifs is 3. The largest absolute Gasteiger partial charge is 0.495 e. The molecule has 2 fully saturated rings. The summed E-state index contributed by atoms with van der Waals surface area (Å²) in [5.74, 6) is 0.335. The number of ether oxygens (including phenoxy) is 1. The molecule has 2 aliphatic heterocycles. The first-order valence-electron chi connectivity index (χ1n) is 12.1. The molecule has 0 radical (unpaired) electrons. The van der Waals surface area contributed by atoms with Gasteiger partial charge in [-0.15, -0.1) is 0 Å². The second kappa shape index (κ2) is 8.98. The average Bonchev–Trinajstić information content (AvgIpc) is 3.43. The van der Waals surface area contributed by atoms with E-state index in [4.69, 9.17) is 4.74 Å². The van der Waals surface area contributed by atoms with Gasteiger partial charge in [0.1, 0.15) is 10.6 Å². The number of likely N-dealkylation sites (tertiary alicyclic amines) is 1. The van der Waals surface area contributed by atoms with Crippen LogP contribution in [0.15, 0.2) is 41.3 Å². The van der Waals surface area contributed by atoms with Gasteiger partial charge in [-0.2, -0.15) is 0 Å². The van der Waals surface area contributed by atoms with Gasteiger partial charge in [0.05, 0.1) is 7.11 Å². The van der Waals surface area contributed by atoms with E-state index in [0.29, 0.717) is 5.56 Å². The molecule has 0 bridgehead atoms. The Morgan fingerprint density at radius 1 is 1.09 bits per heavy atom. The Morgan fingerprint density at radius 2 is 1.85 bits per heavy atom. The highest BCUT2D eigenvalue weighted by Gasteiger charge is 2.44. The van der Waals surface area contributed by atoms with Crippen molar-refractivity contribution in [2.75, 3.05) is 32.1 Å². The molecular weight excluding hydrogens is 450 g/mol. The van der Waals surface area contributed by atoms with Crippen LogP contribution in [0.1, 0.15) is 59.5 Å². The van der Waals surface area contributed by atoms with Crippen LogP contribution in [-0.2, 0) is 10.0 Å². The number of methoxy groups -OCH3 is 1. The summed E-state index contributed by atoms with van der Waals surface area (Å²) in [4.78, 5) is 18.1. The van der Waals surface area contributed by atoms with Crippen LogP contribution in [0.5, 0.6) is 5.75 Å². The zero-order valence-electron chi connectivity index (χ0n) is 20.1. The summed E-state index contributed by atoms with van der Waals surface area (Å²) in [5.41, 5.74) is 3.67. The Balaban J connectivity index is 1.52. The van der Waals surface area contributed by atoms with E-state index in [2.05, 4.69) is 29.7 Å². The number of carbonyl (C=O) groups excluding carboxylic acids is 1. The quantitative estimate of drug-likeness (QED) is 0.702. The first-order valence-corrected chi connectivity index (χ1v) is 13.6. The molecule has 2 aromatic rings. The minimum atomic E-state index is -3.82. The number of nitrogens with one attached hydrogen (secondary N) is 1. The molecule has 2 aromatic carbocycles. The average molecular weight is 484 g/mol. The highest BCUT2D eigenvalue weighted by Crippen LogP contribution is 2.45. The van der Waals surface area contributed by atoms with Crippen LogP contribution < -0.4 is 14.4 Å². The van der Waals surface area contributed by atoms with Gasteiger partial charge in [-0.3, -0.25) is 4.79 Å². The van der Waals surface area contributed by atoms with Crippen LogP contribution >= 0.6 is 0 Å². The highest BCUT2D eigenvalue weighted by molar-refractivity contribution is 7.89. The second-order valence-electron chi connectivity index (χ2n) is 9.93. The molecule has 182 valence electrons. The predicted octanol–water partition coefficient (Wildman–Crippen LogP) is 3.67. The van der Waals surface area contributed by atoms with E-state index in [1.54, 1.807) is 12.1 Å². The number of anilines is 1. The van der Waals surface area contributed by atoms with Crippen molar-refractivity contribution in [3.05, 3.63) is 53.1 Å². The number of carbonyl (C=O) groups is 1. The number of hydrogen-bond acceptors (Lipinski definition) is 5. The molecule has 34 heavy (non-hydrogen) atoms. The lowest BCUT2D eigenvalue weighted by atomic mass is 9.88. The highest BCUT2D eigenvalue weighted by atomic mass is 32.2. The summed E-state index contributed by atoms with van der Waals surface area (Å²) < 4.78 is 34.7. The van der Waals surface area contributed by atoms with Crippen molar-refractivity contribution < 1.29 is 17.9 Å². The fraction of sp³-hybridized carbons (Fsp3) is 0.500. The SMILES string of the molecule is COc1ccc(C(=O)N2c3ccc(C)cc3[C@H]3CN(C)CC[C@H]32)cc1S(=O)(=O)NC1CCCC1. The number of hydrogen-bond donors (Lipinski definition) is 1. The van der Waals surface area contributed by atoms with E-state index in [1.165, 1.54) is 24.3 Å². The van der Waals surface area contributed by atoms with Crippen molar-refractivity contribution in [3.63, 3.8) is 0 Å². The van der Waals surface area contributed by atoms with Crippen molar-refractivity contribution in [1.29, 1.82) is 0 Å². The molecule has 1 saturated heterocycles. The topological polar surface area (TPSA) is 79.0 Å². The monoisotopic (exact) mass is 483 g/mol. The minimum absolute atomic E-state index is 0.0241. The molecule has 1 aliphatic carbocycles. The van der Waals surface area contributed by atoms with Gasteiger partial charge in [0, 0.05) is 35.8 Å². The number of aryl methyl sites for hydroxylation is 1. The van der Waals surface area contributed by atoms with Crippen LogP contribution in [0.4, 0.5) is 5.69 Å². The molecule has 8 heteroatoms. The number of benzene rings is 2. The van der Waals surface area contributed by atoms with Gasteiger partial charge in [0.2, 0.25) is 10.0 Å². The van der Waals surface area contributed by atoms with E-state index in [0.717, 1.165) is 50.9 Å². The summed E-state index contributed by atoms with van der Waals surface area (Å²) in [6, 6.07) is 11.0. The summed E-state index contributed by atoms with van der Waals surface area (Å²) in [6.45, 7) is 3.90. The van der Waals surface area contributed by atoms with Gasteiger partial charge in [-0.25, -0.2) is 13.1 Å². The van der Waals surface area contributed by atoms with Crippen molar-refractivity contribution in [2.24, 2.45) is 0 Å². The zero-order chi connectivity index (χ0) is 24.0. The molecule has 2 heterocycles. The molecule has 0 unspecified atom stereocenters. The van der Waals surface area contributed by atoms with Crippen LogP contribution in [0.2, 0.25) is 0 Å². The van der Waals surface area contributed by atoms with Gasteiger partial charge in [-0.1, -0.05) is 30.5 Å². The van der Waals surface area contributed by atoms with Gasteiger partial charge in [0.15, 0.2) is 0 Å². The molecule has 5 rings (SSSR count). The number of amides is 1. The molecule has 0 aromatic heterocycles. The lowest BCUT2D eigenvalue weighted by Gasteiger charge is -2.36. The Morgan fingerprint density at radius 3 is 2.59 bits per heavy atom. The van der Waals surface area contributed by atoms with Crippen LogP contribution in [0, 0.1) is 6.92 Å². The Labute approximate surface area is 202 Å². The molecule has 7 nitrogen and oxygen atoms in total. The van der Waals surface area contributed by atoms with E-state index < -0.39 is 10.0 Å². The molecule has 3 aliphatic rings. The van der Waals surface area contributed by atoms with Gasteiger partial charge in [0.25, 0.3) is 5.91 Å². The number of rotatable bonds is 5. The van der Waals surface area contributed by atoms with Gasteiger partial charge < -0.3 is 14.5 Å². The van der Waals surface area contributed by atoms with Crippen molar-refractivity contribution in [3.8, 4) is 5.75 Å². The summed E-state index contributed by atoms with van der Waals surface area (Å²) in [7, 11) is -0.244. The maximum absolute atomic E-state index is 13.9. The molecule has 1 saturated carbocycles. The van der Waals surface area contributed by atoms with Crippen LogP contribution in [-0.4, -0.2) is 58.6 Å². The first-order chi connectivity index (χ1) is 16.3. The minimum Gasteiger partial charge on any atom is -0.495 e. The maximum atomic E-state index is 13.9. The second-order valence-corrected chi connectivity index (χ2v) is 11.6. The van der Waals surface area contributed by atoms with E-state index in [-0.39, 0.29) is 34.6 Å². The Hall–Kier alpha value is -2.42. The third-order valence-electron chi connectivity index (χ3n) is 7.55. The summed E-state index contributed by atoms with van der Waals surface area (Å²) in [6.07, 6.45) is 4.59. The van der Waals surface area contributed by atoms with Crippen molar-refractivity contribution >= 4 is 21.6 Å². The van der Waals surface area contributed by atoms with Crippen LogP contribution in [0.25, 0.3) is 0 Å². The van der Waals surface area contributed by atoms with Crippen molar-refractivity contribution in [2.45, 2.75) is 61.9 Å². The fourth-order valence-corrected chi connectivity index (χ4v) is 7.33. The Kier molecular flexibility index (Phi) is 6.16. The van der Waals surface area contributed by atoms with Crippen LogP contribution in [0.3, 0.4) is 0 Å². The van der Waals surface area contributed by atoms with E-state index in [1.807, 2.05) is 17.0 Å². The number of likely N-dealkylation sites (N-methyl/N-ethyl adjacent to an activating group) is 1. The molecular formula is C26H33N3O4S. The third kappa shape index (κ3) is 4.12. The number of nitrogens with zero attached hydrogens (tertiary/aromatic N) is 2. The normalized spacial score (nSPS) is 23.1. The standard InChI is InChI=1S/C26H33N3O4S/c1-17-8-10-22-20(14-17)21-16-28(2)13-12-23(21)29(22)26(30)18-9-11-24(33-3)25(15-18)34(31,32)27-19-6-4-5-7-19/h8-11,14-15,19,21,23,27H,4-7,12-13,16H2,1-3H3/t21-,23-/m1/s1.